The molecule has 0 radical (unpaired) electrons. The van der Waals surface area contributed by atoms with Crippen LogP contribution in [-0.4, -0.2) is 23.8 Å². The minimum atomic E-state index is -0.362. The van der Waals surface area contributed by atoms with E-state index in [0.29, 0.717) is 11.3 Å². The van der Waals surface area contributed by atoms with Gasteiger partial charge in [-0.3, -0.25) is 4.79 Å². The highest BCUT2D eigenvalue weighted by atomic mass is 16.5. The van der Waals surface area contributed by atoms with Crippen LogP contribution in [0.3, 0.4) is 0 Å². The summed E-state index contributed by atoms with van der Waals surface area (Å²) in [4.78, 5) is 11.7. The summed E-state index contributed by atoms with van der Waals surface area (Å²) in [6.45, 7) is -0.129. The largest absolute Gasteiger partial charge is 0.508 e. The molecule has 0 bridgehead atoms. The van der Waals surface area contributed by atoms with Crippen LogP contribution < -0.4 is 10.2 Å². The van der Waals surface area contributed by atoms with Gasteiger partial charge >= 0.3 is 0 Å². The molecule has 0 saturated carbocycles. The van der Waals surface area contributed by atoms with Gasteiger partial charge in [-0.05, 0) is 40.6 Å². The molecule has 24 heavy (non-hydrogen) atoms. The van der Waals surface area contributed by atoms with Crippen LogP contribution in [0.25, 0.3) is 10.8 Å². The van der Waals surface area contributed by atoms with Crippen molar-refractivity contribution in [3.05, 3.63) is 72.3 Å². The Morgan fingerprint density at radius 1 is 1.04 bits per heavy atom. The molecule has 0 unspecified atom stereocenters. The number of hydrazone groups is 1. The minimum absolute atomic E-state index is 0.129. The van der Waals surface area contributed by atoms with Gasteiger partial charge < -0.3 is 9.84 Å². The van der Waals surface area contributed by atoms with Crippen molar-refractivity contribution in [2.24, 2.45) is 5.10 Å². The number of phenolic OH excluding ortho intramolecular Hbond substituents is 1. The third-order valence-electron chi connectivity index (χ3n) is 3.36. The number of hydrogen-bond donors (Lipinski definition) is 2. The van der Waals surface area contributed by atoms with Crippen molar-refractivity contribution in [3.63, 3.8) is 0 Å². The van der Waals surface area contributed by atoms with Gasteiger partial charge in [0.2, 0.25) is 0 Å². The summed E-state index contributed by atoms with van der Waals surface area (Å²) in [5.41, 5.74) is 3.07. The summed E-state index contributed by atoms with van der Waals surface area (Å²) in [5, 5.41) is 15.3. The molecule has 0 atom stereocenters. The van der Waals surface area contributed by atoms with Crippen molar-refractivity contribution in [3.8, 4) is 11.5 Å². The first kappa shape index (κ1) is 15.6. The number of hydrogen-bond acceptors (Lipinski definition) is 4. The molecule has 5 nitrogen and oxygen atoms in total. The predicted octanol–water partition coefficient (Wildman–Crippen LogP) is 3.07. The van der Waals surface area contributed by atoms with Gasteiger partial charge in [0, 0.05) is 0 Å². The number of amides is 1. The lowest BCUT2D eigenvalue weighted by molar-refractivity contribution is -0.123. The molecule has 0 aliphatic carbocycles. The summed E-state index contributed by atoms with van der Waals surface area (Å²) >= 11 is 0. The number of carbonyl (C=O) groups is 1. The number of benzene rings is 3. The molecule has 0 spiro atoms. The van der Waals surface area contributed by atoms with Gasteiger partial charge in [-0.25, -0.2) is 5.43 Å². The number of nitrogens with one attached hydrogen (secondary N) is 1. The highest BCUT2D eigenvalue weighted by molar-refractivity contribution is 5.84. The van der Waals surface area contributed by atoms with E-state index in [-0.39, 0.29) is 18.3 Å². The lowest BCUT2D eigenvalue weighted by Gasteiger charge is -2.06. The fraction of sp³-hybridized carbons (Fsp3) is 0.0526. The second-order valence-electron chi connectivity index (χ2n) is 5.19. The molecular formula is C19H16N2O3. The van der Waals surface area contributed by atoms with E-state index in [0.717, 1.165) is 10.8 Å². The van der Waals surface area contributed by atoms with Crippen LogP contribution in [0.1, 0.15) is 5.56 Å². The number of aromatic hydroxyl groups is 1. The summed E-state index contributed by atoms with van der Waals surface area (Å²) in [7, 11) is 0. The van der Waals surface area contributed by atoms with Gasteiger partial charge in [0.1, 0.15) is 11.5 Å². The maximum Gasteiger partial charge on any atom is 0.277 e. The summed E-state index contributed by atoms with van der Waals surface area (Å²) in [6.07, 6.45) is 1.45. The Bertz CT molecular complexity index is 890. The topological polar surface area (TPSA) is 70.9 Å². The Morgan fingerprint density at radius 3 is 2.71 bits per heavy atom. The second-order valence-corrected chi connectivity index (χ2v) is 5.19. The van der Waals surface area contributed by atoms with Crippen molar-refractivity contribution >= 4 is 22.9 Å². The van der Waals surface area contributed by atoms with Crippen LogP contribution in [0, 0.1) is 0 Å². The van der Waals surface area contributed by atoms with Gasteiger partial charge in [0.05, 0.1) is 6.21 Å². The number of carbonyl (C=O) groups excluding carboxylic acids is 1. The average Bonchev–Trinajstić information content (AvgIpc) is 2.60. The van der Waals surface area contributed by atoms with E-state index in [1.54, 1.807) is 24.3 Å². The first-order valence-electron chi connectivity index (χ1n) is 7.43. The molecule has 0 aromatic heterocycles. The lowest BCUT2D eigenvalue weighted by atomic mass is 10.1. The van der Waals surface area contributed by atoms with Gasteiger partial charge in [-0.2, -0.15) is 5.10 Å². The van der Waals surface area contributed by atoms with Crippen LogP contribution >= 0.6 is 0 Å². The van der Waals surface area contributed by atoms with E-state index in [9.17, 15) is 9.90 Å². The monoisotopic (exact) mass is 320 g/mol. The van der Waals surface area contributed by atoms with Crippen molar-refractivity contribution in [2.45, 2.75) is 0 Å². The summed E-state index contributed by atoms with van der Waals surface area (Å²) in [6, 6.07) is 20.2. The first-order valence-corrected chi connectivity index (χ1v) is 7.43. The molecule has 0 aliphatic heterocycles. The van der Waals surface area contributed by atoms with Crippen LogP contribution in [0.4, 0.5) is 0 Å². The van der Waals surface area contributed by atoms with E-state index in [1.165, 1.54) is 6.21 Å². The van der Waals surface area contributed by atoms with Gasteiger partial charge in [-0.1, -0.05) is 42.5 Å². The Kier molecular flexibility index (Phi) is 4.72. The van der Waals surface area contributed by atoms with Crippen LogP contribution in [0.15, 0.2) is 71.8 Å². The highest BCUT2D eigenvalue weighted by Gasteiger charge is 2.02. The average molecular weight is 320 g/mol. The van der Waals surface area contributed by atoms with Gasteiger partial charge in [0.25, 0.3) is 5.91 Å². The summed E-state index contributed by atoms with van der Waals surface area (Å²) in [5.74, 6) is 0.408. The first-order chi connectivity index (χ1) is 11.7. The Morgan fingerprint density at radius 2 is 1.88 bits per heavy atom. The number of fused-ring (bicyclic) bond motifs is 1. The molecule has 3 rings (SSSR count). The van der Waals surface area contributed by atoms with E-state index in [2.05, 4.69) is 10.5 Å². The molecule has 2 N–H and O–H groups in total. The molecule has 3 aromatic carbocycles. The molecular weight excluding hydrogens is 304 g/mol. The van der Waals surface area contributed by atoms with Crippen molar-refractivity contribution in [1.82, 2.24) is 5.43 Å². The van der Waals surface area contributed by atoms with Crippen LogP contribution in [-0.2, 0) is 4.79 Å². The fourth-order valence-electron chi connectivity index (χ4n) is 2.22. The fourth-order valence-corrected chi connectivity index (χ4v) is 2.22. The smallest absolute Gasteiger partial charge is 0.277 e. The summed E-state index contributed by atoms with van der Waals surface area (Å²) < 4.78 is 5.47. The Labute approximate surface area is 139 Å². The maximum atomic E-state index is 11.7. The Hall–Kier alpha value is -3.34. The van der Waals surface area contributed by atoms with E-state index < -0.39 is 0 Å². The number of rotatable bonds is 5. The van der Waals surface area contributed by atoms with Crippen LogP contribution in [0.2, 0.25) is 0 Å². The molecule has 120 valence electrons. The quantitative estimate of drug-likeness (QED) is 0.560. The minimum Gasteiger partial charge on any atom is -0.508 e. The van der Waals surface area contributed by atoms with Gasteiger partial charge in [0.15, 0.2) is 6.61 Å². The molecule has 1 amide bonds. The van der Waals surface area contributed by atoms with Crippen molar-refractivity contribution < 1.29 is 14.6 Å². The standard InChI is InChI=1S/C19H16N2O3/c22-17-7-3-4-14(10-17)12-20-21-19(23)13-24-18-9-8-15-5-1-2-6-16(15)11-18/h1-12,22H,13H2,(H,21,23)/b20-12+. The molecule has 3 aromatic rings. The second kappa shape index (κ2) is 7.28. The normalized spacial score (nSPS) is 10.8. The maximum absolute atomic E-state index is 11.7. The molecule has 0 heterocycles. The lowest BCUT2D eigenvalue weighted by Crippen LogP contribution is -2.24. The zero-order valence-corrected chi connectivity index (χ0v) is 12.8. The molecule has 0 fully saturated rings. The number of phenols is 1. The van der Waals surface area contributed by atoms with E-state index >= 15 is 0 Å². The van der Waals surface area contributed by atoms with Crippen molar-refractivity contribution in [2.75, 3.05) is 6.61 Å². The van der Waals surface area contributed by atoms with Crippen molar-refractivity contribution in [1.29, 1.82) is 0 Å². The third kappa shape index (κ3) is 4.10. The van der Waals surface area contributed by atoms with E-state index in [1.807, 2.05) is 42.5 Å². The predicted molar refractivity (Wildman–Crippen MR) is 93.3 cm³/mol. The van der Waals surface area contributed by atoms with E-state index in [4.69, 9.17) is 4.74 Å². The zero-order chi connectivity index (χ0) is 16.8. The highest BCUT2D eigenvalue weighted by Crippen LogP contribution is 2.20. The zero-order valence-electron chi connectivity index (χ0n) is 12.8. The van der Waals surface area contributed by atoms with Crippen LogP contribution in [0.5, 0.6) is 11.5 Å². The number of nitrogens with zero attached hydrogens (tertiary/aromatic N) is 1. The number of ether oxygens (including phenoxy) is 1. The molecule has 0 aliphatic rings. The van der Waals surface area contributed by atoms with Gasteiger partial charge in [-0.15, -0.1) is 0 Å². The SMILES string of the molecule is O=C(COc1ccc2ccccc2c1)N/N=C/c1cccc(O)c1. The molecule has 5 heteroatoms. The molecule has 0 saturated heterocycles. The third-order valence-corrected chi connectivity index (χ3v) is 3.36. The Balaban J connectivity index is 1.53.